The van der Waals surface area contributed by atoms with Crippen molar-refractivity contribution in [2.75, 3.05) is 0 Å². The molecule has 3 aromatic rings. The van der Waals surface area contributed by atoms with Crippen LogP contribution in [0.2, 0.25) is 0 Å². The van der Waals surface area contributed by atoms with Gasteiger partial charge in [-0.2, -0.15) is 0 Å². The van der Waals surface area contributed by atoms with Gasteiger partial charge < -0.3 is 9.88 Å². The van der Waals surface area contributed by atoms with Gasteiger partial charge in [0.25, 0.3) is 5.91 Å². The van der Waals surface area contributed by atoms with E-state index in [9.17, 15) is 4.79 Å². The first kappa shape index (κ1) is 11.9. The lowest BCUT2D eigenvalue weighted by Gasteiger charge is -2.04. The minimum atomic E-state index is -0.0686. The van der Waals surface area contributed by atoms with Crippen LogP contribution in [0.25, 0.3) is 10.9 Å². The molecule has 1 N–H and O–H groups in total. The molecule has 0 aliphatic carbocycles. The summed E-state index contributed by atoms with van der Waals surface area (Å²) >= 11 is 1.54. The first-order valence-corrected chi connectivity index (χ1v) is 6.83. The molecule has 0 atom stereocenters. The van der Waals surface area contributed by atoms with E-state index in [1.165, 1.54) is 11.3 Å². The Balaban J connectivity index is 1.77. The Labute approximate surface area is 114 Å². The van der Waals surface area contributed by atoms with Gasteiger partial charge in [0.15, 0.2) is 0 Å². The van der Waals surface area contributed by atoms with Crippen molar-refractivity contribution in [3.8, 4) is 0 Å². The lowest BCUT2D eigenvalue weighted by molar-refractivity contribution is 0.0951. The number of carbonyl (C=O) groups excluding carboxylic acids is 1. The molecular weight excluding hydrogens is 258 g/mol. The van der Waals surface area contributed by atoms with Crippen molar-refractivity contribution in [2.45, 2.75) is 6.54 Å². The molecule has 4 nitrogen and oxygen atoms in total. The average Bonchev–Trinajstić information content (AvgIpc) is 3.06. The molecule has 5 heteroatoms. The van der Waals surface area contributed by atoms with Crippen molar-refractivity contribution in [1.29, 1.82) is 0 Å². The molecule has 96 valence electrons. The molecule has 0 saturated heterocycles. The third kappa shape index (κ3) is 2.37. The van der Waals surface area contributed by atoms with E-state index >= 15 is 0 Å². The van der Waals surface area contributed by atoms with E-state index in [-0.39, 0.29) is 5.91 Å². The van der Waals surface area contributed by atoms with Crippen LogP contribution in [0.5, 0.6) is 0 Å². The van der Waals surface area contributed by atoms with Crippen LogP contribution in [0, 0.1) is 0 Å². The van der Waals surface area contributed by atoms with Crippen molar-refractivity contribution in [3.05, 3.63) is 52.6 Å². The number of aryl methyl sites for hydroxylation is 1. The highest BCUT2D eigenvalue weighted by Crippen LogP contribution is 2.16. The van der Waals surface area contributed by atoms with E-state index in [1.54, 1.807) is 6.20 Å². The molecule has 2 heterocycles. The number of thiazole rings is 1. The zero-order chi connectivity index (χ0) is 13.2. The maximum Gasteiger partial charge on any atom is 0.251 e. The fraction of sp³-hybridized carbons (Fsp3) is 0.143. The molecule has 2 aromatic heterocycles. The van der Waals surface area contributed by atoms with Gasteiger partial charge in [-0.3, -0.25) is 4.79 Å². The Kier molecular flexibility index (Phi) is 3.05. The topological polar surface area (TPSA) is 46.9 Å². The Morgan fingerprint density at radius 2 is 2.32 bits per heavy atom. The van der Waals surface area contributed by atoms with Crippen molar-refractivity contribution < 1.29 is 4.79 Å². The minimum Gasteiger partial charge on any atom is -0.351 e. The number of nitrogens with zero attached hydrogens (tertiary/aromatic N) is 2. The van der Waals surface area contributed by atoms with Gasteiger partial charge in [0, 0.05) is 41.3 Å². The standard InChI is InChI=1S/C14H13N3OS/c1-17-6-4-10-8-11(2-3-12(10)17)14(18)16-9-13-15-5-7-19-13/h2-8H,9H2,1H3,(H,16,18). The Bertz CT molecular complexity index is 715. The summed E-state index contributed by atoms with van der Waals surface area (Å²) in [5.41, 5.74) is 1.80. The number of aromatic nitrogens is 2. The molecule has 0 spiro atoms. The predicted octanol–water partition coefficient (Wildman–Crippen LogP) is 2.56. The second kappa shape index (κ2) is 4.85. The molecule has 1 amide bonds. The minimum absolute atomic E-state index is 0.0686. The van der Waals surface area contributed by atoms with Gasteiger partial charge >= 0.3 is 0 Å². The molecule has 0 fully saturated rings. The Hall–Kier alpha value is -2.14. The molecule has 1 aromatic carbocycles. The van der Waals surface area contributed by atoms with E-state index < -0.39 is 0 Å². The first-order chi connectivity index (χ1) is 9.24. The SMILES string of the molecule is Cn1ccc2cc(C(=O)NCc3nccs3)ccc21. The van der Waals surface area contributed by atoms with Crippen LogP contribution in [0.4, 0.5) is 0 Å². The Morgan fingerprint density at radius 1 is 1.42 bits per heavy atom. The van der Waals surface area contributed by atoms with Crippen LogP contribution < -0.4 is 5.32 Å². The van der Waals surface area contributed by atoms with Crippen molar-refractivity contribution in [3.63, 3.8) is 0 Å². The third-order valence-corrected chi connectivity index (χ3v) is 3.81. The van der Waals surface area contributed by atoms with Crippen LogP contribution in [-0.2, 0) is 13.6 Å². The molecule has 0 saturated carbocycles. The molecule has 0 aliphatic rings. The summed E-state index contributed by atoms with van der Waals surface area (Å²) in [6.45, 7) is 0.476. The number of fused-ring (bicyclic) bond motifs is 1. The lowest BCUT2D eigenvalue weighted by Crippen LogP contribution is -2.22. The van der Waals surface area contributed by atoms with E-state index in [0.29, 0.717) is 12.1 Å². The van der Waals surface area contributed by atoms with Gasteiger partial charge in [0.1, 0.15) is 5.01 Å². The Morgan fingerprint density at radius 3 is 3.11 bits per heavy atom. The van der Waals surface area contributed by atoms with Gasteiger partial charge in [0.2, 0.25) is 0 Å². The monoisotopic (exact) mass is 271 g/mol. The van der Waals surface area contributed by atoms with Crippen LogP contribution in [0.15, 0.2) is 42.0 Å². The quantitative estimate of drug-likeness (QED) is 0.796. The van der Waals surface area contributed by atoms with Gasteiger partial charge in [0.05, 0.1) is 6.54 Å². The summed E-state index contributed by atoms with van der Waals surface area (Å²) in [7, 11) is 1.99. The lowest BCUT2D eigenvalue weighted by atomic mass is 10.1. The van der Waals surface area contributed by atoms with Crippen LogP contribution in [0.1, 0.15) is 15.4 Å². The van der Waals surface area contributed by atoms with E-state index in [0.717, 1.165) is 15.9 Å². The highest BCUT2D eigenvalue weighted by atomic mass is 32.1. The van der Waals surface area contributed by atoms with E-state index in [2.05, 4.69) is 10.3 Å². The van der Waals surface area contributed by atoms with Crippen LogP contribution in [0.3, 0.4) is 0 Å². The van der Waals surface area contributed by atoms with Crippen molar-refractivity contribution >= 4 is 28.1 Å². The first-order valence-electron chi connectivity index (χ1n) is 5.96. The molecule has 0 unspecified atom stereocenters. The highest BCUT2D eigenvalue weighted by molar-refractivity contribution is 7.09. The van der Waals surface area contributed by atoms with E-state index in [4.69, 9.17) is 0 Å². The fourth-order valence-electron chi connectivity index (χ4n) is 2.02. The second-order valence-corrected chi connectivity index (χ2v) is 5.29. The number of benzene rings is 1. The maximum atomic E-state index is 12.0. The number of nitrogens with one attached hydrogen (secondary N) is 1. The fourth-order valence-corrected chi connectivity index (χ4v) is 2.58. The zero-order valence-electron chi connectivity index (χ0n) is 10.5. The second-order valence-electron chi connectivity index (χ2n) is 4.31. The van der Waals surface area contributed by atoms with Gasteiger partial charge in [-0.1, -0.05) is 0 Å². The zero-order valence-corrected chi connectivity index (χ0v) is 11.3. The highest BCUT2D eigenvalue weighted by Gasteiger charge is 2.08. The molecule has 3 rings (SSSR count). The summed E-state index contributed by atoms with van der Waals surface area (Å²) in [5.74, 6) is -0.0686. The van der Waals surface area contributed by atoms with E-state index in [1.807, 2.05) is 47.5 Å². The summed E-state index contributed by atoms with van der Waals surface area (Å²) in [6.07, 6.45) is 3.73. The normalized spacial score (nSPS) is 10.8. The van der Waals surface area contributed by atoms with Crippen molar-refractivity contribution in [2.24, 2.45) is 7.05 Å². The van der Waals surface area contributed by atoms with Crippen LogP contribution >= 0.6 is 11.3 Å². The number of hydrogen-bond acceptors (Lipinski definition) is 3. The summed E-state index contributed by atoms with van der Waals surface area (Å²) in [4.78, 5) is 16.2. The van der Waals surface area contributed by atoms with Crippen LogP contribution in [-0.4, -0.2) is 15.5 Å². The maximum absolute atomic E-state index is 12.0. The number of carbonyl (C=O) groups is 1. The smallest absolute Gasteiger partial charge is 0.251 e. The molecule has 0 aliphatic heterocycles. The number of amides is 1. The molecule has 19 heavy (non-hydrogen) atoms. The largest absolute Gasteiger partial charge is 0.351 e. The van der Waals surface area contributed by atoms with Gasteiger partial charge in [-0.15, -0.1) is 11.3 Å². The predicted molar refractivity (Wildman–Crippen MR) is 76.2 cm³/mol. The molecule has 0 bridgehead atoms. The van der Waals surface area contributed by atoms with Gasteiger partial charge in [-0.05, 0) is 24.3 Å². The molecule has 0 radical (unpaired) electrons. The summed E-state index contributed by atoms with van der Waals surface area (Å²) in [6, 6.07) is 7.73. The summed E-state index contributed by atoms with van der Waals surface area (Å²) in [5, 5.41) is 6.76. The summed E-state index contributed by atoms with van der Waals surface area (Å²) < 4.78 is 2.03. The van der Waals surface area contributed by atoms with Gasteiger partial charge in [-0.25, -0.2) is 4.98 Å². The average molecular weight is 271 g/mol. The third-order valence-electron chi connectivity index (χ3n) is 3.03. The molecular formula is C14H13N3OS. The van der Waals surface area contributed by atoms with Crippen molar-refractivity contribution in [1.82, 2.24) is 14.9 Å². The number of hydrogen-bond donors (Lipinski definition) is 1. The number of rotatable bonds is 3.